The predicted octanol–water partition coefficient (Wildman–Crippen LogP) is 3.11. The first-order chi connectivity index (χ1) is 11.7. The van der Waals surface area contributed by atoms with Gasteiger partial charge in [-0.3, -0.25) is 4.79 Å². The van der Waals surface area contributed by atoms with Crippen molar-refractivity contribution in [1.29, 1.82) is 0 Å². The summed E-state index contributed by atoms with van der Waals surface area (Å²) in [5, 5.41) is 6.53. The van der Waals surface area contributed by atoms with Crippen LogP contribution in [0.4, 0.5) is 5.69 Å². The van der Waals surface area contributed by atoms with E-state index in [1.165, 1.54) is 6.42 Å². The van der Waals surface area contributed by atoms with E-state index < -0.39 is 0 Å². The highest BCUT2D eigenvalue weighted by molar-refractivity contribution is 5.97. The number of methoxy groups -OCH3 is 1. The number of nitrogens with one attached hydrogen (secondary N) is 2. The summed E-state index contributed by atoms with van der Waals surface area (Å²) in [6, 6.07) is 5.59. The second-order valence-corrected chi connectivity index (χ2v) is 6.91. The number of rotatable bonds is 4. The number of amides is 1. The highest BCUT2D eigenvalue weighted by Crippen LogP contribution is 2.44. The fraction of sp³-hybridized carbons (Fsp3) is 0.556. The highest BCUT2D eigenvalue weighted by atomic mass is 35.5. The fourth-order valence-corrected chi connectivity index (χ4v) is 4.18. The summed E-state index contributed by atoms with van der Waals surface area (Å²) in [5.41, 5.74) is 1.96. The lowest BCUT2D eigenvalue weighted by molar-refractivity contribution is -0.128. The summed E-state index contributed by atoms with van der Waals surface area (Å²) in [5.74, 6) is 1.13. The molecule has 2 fully saturated rings. The lowest BCUT2D eigenvalue weighted by Gasteiger charge is -2.37. The predicted molar refractivity (Wildman–Crippen MR) is 97.9 cm³/mol. The van der Waals surface area contributed by atoms with Crippen molar-refractivity contribution in [3.05, 3.63) is 24.1 Å². The number of fused-ring (bicyclic) bond motifs is 2. The molecule has 2 heterocycles. The van der Waals surface area contributed by atoms with E-state index in [4.69, 9.17) is 9.15 Å². The molecule has 25 heavy (non-hydrogen) atoms. The fourth-order valence-electron chi connectivity index (χ4n) is 4.18. The maximum absolute atomic E-state index is 13.0. The van der Waals surface area contributed by atoms with E-state index in [0.717, 1.165) is 43.6 Å². The molecule has 7 heteroatoms. The zero-order valence-corrected chi connectivity index (χ0v) is 15.2. The van der Waals surface area contributed by atoms with E-state index in [1.54, 1.807) is 7.11 Å². The number of halogens is 1. The molecule has 1 aliphatic heterocycles. The topological polar surface area (TPSA) is 76.4 Å². The molecule has 4 rings (SSSR count). The molecule has 136 valence electrons. The first-order valence-electron chi connectivity index (χ1n) is 8.62. The van der Waals surface area contributed by atoms with Gasteiger partial charge in [0.05, 0.1) is 5.41 Å². The molecule has 1 aromatic heterocycles. The second kappa shape index (κ2) is 7.32. The van der Waals surface area contributed by atoms with E-state index in [1.807, 2.05) is 18.2 Å². The van der Waals surface area contributed by atoms with Crippen molar-refractivity contribution in [3.63, 3.8) is 0 Å². The van der Waals surface area contributed by atoms with Gasteiger partial charge in [-0.2, -0.15) is 0 Å². The van der Waals surface area contributed by atoms with Gasteiger partial charge in [0.15, 0.2) is 5.58 Å². The largest absolute Gasteiger partial charge is 0.438 e. The minimum absolute atomic E-state index is 0. The highest BCUT2D eigenvalue weighted by Gasteiger charge is 2.49. The van der Waals surface area contributed by atoms with Crippen LogP contribution >= 0.6 is 12.4 Å². The monoisotopic (exact) mass is 365 g/mol. The van der Waals surface area contributed by atoms with Gasteiger partial charge < -0.3 is 19.8 Å². The Labute approximate surface area is 153 Å². The Morgan fingerprint density at radius 3 is 3.20 bits per heavy atom. The van der Waals surface area contributed by atoms with Crippen LogP contribution in [0.5, 0.6) is 0 Å². The molecule has 6 nitrogen and oxygen atoms in total. The van der Waals surface area contributed by atoms with Crippen molar-refractivity contribution in [2.75, 3.05) is 25.5 Å². The number of hydrogen-bond donors (Lipinski definition) is 2. The molecule has 2 atom stereocenters. The number of carbonyl (C=O) groups is 1. The van der Waals surface area contributed by atoms with Crippen LogP contribution in [-0.4, -0.2) is 31.1 Å². The maximum atomic E-state index is 13.0. The average molecular weight is 366 g/mol. The molecule has 2 aromatic rings. The number of anilines is 1. The van der Waals surface area contributed by atoms with Crippen LogP contribution < -0.4 is 10.6 Å². The Kier molecular flexibility index (Phi) is 5.32. The summed E-state index contributed by atoms with van der Waals surface area (Å²) in [6.07, 6.45) is 4.48. The molecule has 1 aromatic carbocycles. The third kappa shape index (κ3) is 3.26. The third-order valence-corrected chi connectivity index (χ3v) is 5.45. The van der Waals surface area contributed by atoms with E-state index in [0.29, 0.717) is 24.0 Å². The van der Waals surface area contributed by atoms with Crippen molar-refractivity contribution in [2.45, 2.75) is 32.3 Å². The van der Waals surface area contributed by atoms with E-state index >= 15 is 0 Å². The molecular formula is C18H24ClN3O3. The maximum Gasteiger partial charge on any atom is 0.232 e. The van der Waals surface area contributed by atoms with Crippen molar-refractivity contribution in [3.8, 4) is 0 Å². The van der Waals surface area contributed by atoms with E-state index in [9.17, 15) is 4.79 Å². The van der Waals surface area contributed by atoms with E-state index in [-0.39, 0.29) is 23.7 Å². The summed E-state index contributed by atoms with van der Waals surface area (Å²) in [7, 11) is 1.61. The number of aromatic nitrogens is 1. The van der Waals surface area contributed by atoms with Gasteiger partial charge in [0.25, 0.3) is 0 Å². The van der Waals surface area contributed by atoms with E-state index in [2.05, 4.69) is 15.6 Å². The number of carbonyl (C=O) groups excluding carboxylic acids is 1. The Hall–Kier alpha value is -1.63. The summed E-state index contributed by atoms with van der Waals surface area (Å²) >= 11 is 0. The quantitative estimate of drug-likeness (QED) is 0.870. The van der Waals surface area contributed by atoms with Gasteiger partial charge in [-0.25, -0.2) is 4.98 Å². The normalized spacial score (nSPS) is 25.4. The van der Waals surface area contributed by atoms with Gasteiger partial charge in [0, 0.05) is 19.3 Å². The van der Waals surface area contributed by atoms with Gasteiger partial charge in [0.2, 0.25) is 11.8 Å². The summed E-state index contributed by atoms with van der Waals surface area (Å²) in [4.78, 5) is 17.4. The number of nitrogens with zero attached hydrogens (tertiary/aromatic N) is 1. The SMILES string of the molecule is COCc1nc2cc(NC(=O)[C@@]34CCCC[C@H]3CNC4)ccc2o1.Cl. The molecule has 1 saturated carbocycles. The van der Waals surface area contributed by atoms with Crippen molar-refractivity contribution < 1.29 is 13.9 Å². The Morgan fingerprint density at radius 2 is 2.36 bits per heavy atom. The molecule has 0 bridgehead atoms. The van der Waals surface area contributed by atoms with Crippen LogP contribution in [0.2, 0.25) is 0 Å². The van der Waals surface area contributed by atoms with Crippen LogP contribution in [-0.2, 0) is 16.1 Å². The summed E-state index contributed by atoms with van der Waals surface area (Å²) < 4.78 is 10.6. The van der Waals surface area contributed by atoms with Gasteiger partial charge in [-0.15, -0.1) is 12.4 Å². The Balaban J connectivity index is 0.00000182. The molecule has 1 aliphatic carbocycles. The smallest absolute Gasteiger partial charge is 0.232 e. The lowest BCUT2D eigenvalue weighted by Crippen LogP contribution is -2.44. The molecule has 1 saturated heterocycles. The minimum atomic E-state index is -0.252. The van der Waals surface area contributed by atoms with Crippen molar-refractivity contribution >= 4 is 35.1 Å². The Morgan fingerprint density at radius 1 is 1.48 bits per heavy atom. The molecule has 0 unspecified atom stereocenters. The lowest BCUT2D eigenvalue weighted by atomic mass is 9.67. The zero-order valence-electron chi connectivity index (χ0n) is 14.3. The van der Waals surface area contributed by atoms with Gasteiger partial charge in [0.1, 0.15) is 12.1 Å². The molecule has 2 aliphatic rings. The number of benzene rings is 1. The first kappa shape index (κ1) is 18.2. The molecule has 1 amide bonds. The van der Waals surface area contributed by atoms with Crippen LogP contribution in [0.1, 0.15) is 31.6 Å². The zero-order chi connectivity index (χ0) is 16.6. The molecular weight excluding hydrogens is 342 g/mol. The van der Waals surface area contributed by atoms with Gasteiger partial charge >= 0.3 is 0 Å². The van der Waals surface area contributed by atoms with Gasteiger partial charge in [-0.05, 0) is 43.5 Å². The van der Waals surface area contributed by atoms with Crippen molar-refractivity contribution in [1.82, 2.24) is 10.3 Å². The minimum Gasteiger partial charge on any atom is -0.438 e. The van der Waals surface area contributed by atoms with Crippen molar-refractivity contribution in [2.24, 2.45) is 11.3 Å². The number of oxazole rings is 1. The standard InChI is InChI=1S/C18H23N3O3.ClH/c1-23-10-16-21-14-8-13(5-6-15(14)24-16)20-17(22)18-7-3-2-4-12(18)9-19-11-18;/h5-6,8,12,19H,2-4,7,9-11H2,1H3,(H,20,22);1H/t12-,18+;/m0./s1. The van der Waals surface area contributed by atoms with Crippen LogP contribution in [0.15, 0.2) is 22.6 Å². The number of ether oxygens (including phenoxy) is 1. The summed E-state index contributed by atoms with van der Waals surface area (Å²) in [6.45, 7) is 2.08. The molecule has 0 radical (unpaired) electrons. The van der Waals surface area contributed by atoms with Crippen LogP contribution in [0, 0.1) is 11.3 Å². The van der Waals surface area contributed by atoms with Crippen LogP contribution in [0.3, 0.4) is 0 Å². The Bertz CT molecular complexity index is 763. The number of hydrogen-bond acceptors (Lipinski definition) is 5. The average Bonchev–Trinajstić information content (AvgIpc) is 3.18. The molecule has 2 N–H and O–H groups in total. The first-order valence-corrected chi connectivity index (χ1v) is 8.62. The van der Waals surface area contributed by atoms with Crippen LogP contribution in [0.25, 0.3) is 11.1 Å². The second-order valence-electron chi connectivity index (χ2n) is 6.91. The molecule has 0 spiro atoms. The third-order valence-electron chi connectivity index (χ3n) is 5.45. The van der Waals surface area contributed by atoms with Gasteiger partial charge in [-0.1, -0.05) is 12.8 Å².